The third-order valence-electron chi connectivity index (χ3n) is 3.57. The summed E-state index contributed by atoms with van der Waals surface area (Å²) in [7, 11) is 1.69. The molecule has 0 aliphatic heterocycles. The van der Waals surface area contributed by atoms with Crippen molar-refractivity contribution >= 4 is 0 Å². The molecule has 0 radical (unpaired) electrons. The van der Waals surface area contributed by atoms with Crippen molar-refractivity contribution in [2.45, 2.75) is 19.8 Å². The molecule has 1 atom stereocenters. The van der Waals surface area contributed by atoms with Gasteiger partial charge in [-0.15, -0.1) is 0 Å². The first-order valence-electron chi connectivity index (χ1n) is 7.01. The zero-order chi connectivity index (χ0) is 14.4. The number of methoxy groups -OCH3 is 1. The maximum absolute atomic E-state index is 9.64. The summed E-state index contributed by atoms with van der Waals surface area (Å²) >= 11 is 0. The van der Waals surface area contributed by atoms with Crippen LogP contribution >= 0.6 is 0 Å². The normalized spacial score (nSPS) is 12.2. The van der Waals surface area contributed by atoms with E-state index >= 15 is 0 Å². The largest absolute Gasteiger partial charge is 0.496 e. The van der Waals surface area contributed by atoms with E-state index in [0.717, 1.165) is 18.6 Å². The third kappa shape index (κ3) is 3.84. The second-order valence-electron chi connectivity index (χ2n) is 5.26. The number of hydrogen-bond acceptors (Lipinski definition) is 2. The van der Waals surface area contributed by atoms with Gasteiger partial charge in [0.15, 0.2) is 0 Å². The molecule has 2 heteroatoms. The summed E-state index contributed by atoms with van der Waals surface area (Å²) in [5.41, 5.74) is 3.65. The lowest BCUT2D eigenvalue weighted by Gasteiger charge is -2.17. The van der Waals surface area contributed by atoms with Crippen molar-refractivity contribution in [2.75, 3.05) is 13.7 Å². The maximum Gasteiger partial charge on any atom is 0.122 e. The molecule has 2 aromatic carbocycles. The van der Waals surface area contributed by atoms with Crippen LogP contribution in [0.5, 0.6) is 5.75 Å². The van der Waals surface area contributed by atoms with E-state index in [9.17, 15) is 5.11 Å². The molecule has 0 aromatic heterocycles. The van der Waals surface area contributed by atoms with E-state index in [1.807, 2.05) is 30.3 Å². The molecule has 0 saturated heterocycles. The minimum absolute atomic E-state index is 0.186. The summed E-state index contributed by atoms with van der Waals surface area (Å²) in [4.78, 5) is 0. The minimum atomic E-state index is 0.186. The standard InChI is InChI=1S/C18H22O2/c1-14-8-9-18(20-2)17(10-14)12-16(13-19)11-15-6-4-3-5-7-15/h3-10,16,19H,11-13H2,1-2H3. The van der Waals surface area contributed by atoms with Crippen LogP contribution in [0.3, 0.4) is 0 Å². The van der Waals surface area contributed by atoms with Crippen LogP contribution < -0.4 is 4.74 Å². The molecular weight excluding hydrogens is 248 g/mol. The van der Waals surface area contributed by atoms with Gasteiger partial charge in [0.1, 0.15) is 5.75 Å². The molecule has 0 aliphatic rings. The zero-order valence-electron chi connectivity index (χ0n) is 12.2. The van der Waals surface area contributed by atoms with E-state index in [2.05, 4.69) is 25.1 Å². The molecule has 0 saturated carbocycles. The number of aryl methyl sites for hydroxylation is 1. The van der Waals surface area contributed by atoms with E-state index in [1.54, 1.807) is 7.11 Å². The number of rotatable bonds is 6. The molecule has 0 heterocycles. The fourth-order valence-corrected chi connectivity index (χ4v) is 2.53. The first-order valence-corrected chi connectivity index (χ1v) is 7.01. The maximum atomic E-state index is 9.64. The number of aliphatic hydroxyl groups excluding tert-OH is 1. The summed E-state index contributed by atoms with van der Waals surface area (Å²) in [5, 5.41) is 9.64. The lowest BCUT2D eigenvalue weighted by molar-refractivity contribution is 0.224. The average Bonchev–Trinajstić information content (AvgIpc) is 2.48. The average molecular weight is 270 g/mol. The Morgan fingerprint density at radius 3 is 2.45 bits per heavy atom. The van der Waals surface area contributed by atoms with Gasteiger partial charge in [0.05, 0.1) is 7.11 Å². The Kier molecular flexibility index (Phi) is 5.19. The second-order valence-corrected chi connectivity index (χ2v) is 5.26. The lowest BCUT2D eigenvalue weighted by atomic mass is 9.92. The van der Waals surface area contributed by atoms with E-state index in [4.69, 9.17) is 4.74 Å². The second kappa shape index (κ2) is 7.11. The highest BCUT2D eigenvalue weighted by molar-refractivity contribution is 5.37. The Morgan fingerprint density at radius 2 is 1.80 bits per heavy atom. The summed E-state index contributed by atoms with van der Waals surface area (Å²) in [6.07, 6.45) is 1.71. The molecule has 2 aromatic rings. The Hall–Kier alpha value is -1.80. The van der Waals surface area contributed by atoms with Gasteiger partial charge in [-0.25, -0.2) is 0 Å². The molecule has 0 spiro atoms. The van der Waals surface area contributed by atoms with Gasteiger partial charge in [0.2, 0.25) is 0 Å². The SMILES string of the molecule is COc1ccc(C)cc1CC(CO)Cc1ccccc1. The fraction of sp³-hybridized carbons (Fsp3) is 0.333. The van der Waals surface area contributed by atoms with Gasteiger partial charge in [-0.2, -0.15) is 0 Å². The number of ether oxygens (including phenoxy) is 1. The Balaban J connectivity index is 2.12. The van der Waals surface area contributed by atoms with Crippen LogP contribution in [-0.2, 0) is 12.8 Å². The number of benzene rings is 2. The smallest absolute Gasteiger partial charge is 0.122 e. The van der Waals surface area contributed by atoms with Gasteiger partial charge in [-0.3, -0.25) is 0 Å². The monoisotopic (exact) mass is 270 g/mol. The van der Waals surface area contributed by atoms with Crippen molar-refractivity contribution < 1.29 is 9.84 Å². The van der Waals surface area contributed by atoms with Crippen LogP contribution in [-0.4, -0.2) is 18.8 Å². The molecular formula is C18H22O2. The third-order valence-corrected chi connectivity index (χ3v) is 3.57. The fourth-order valence-electron chi connectivity index (χ4n) is 2.53. The lowest BCUT2D eigenvalue weighted by Crippen LogP contribution is -2.13. The Labute approximate surface area is 121 Å². The highest BCUT2D eigenvalue weighted by atomic mass is 16.5. The van der Waals surface area contributed by atoms with Crippen molar-refractivity contribution in [3.8, 4) is 5.75 Å². The molecule has 0 amide bonds. The molecule has 1 unspecified atom stereocenters. The zero-order valence-corrected chi connectivity index (χ0v) is 12.2. The van der Waals surface area contributed by atoms with Crippen LogP contribution in [0.4, 0.5) is 0 Å². The highest BCUT2D eigenvalue weighted by Gasteiger charge is 2.13. The van der Waals surface area contributed by atoms with Crippen LogP contribution in [0, 0.1) is 12.8 Å². The number of hydrogen-bond donors (Lipinski definition) is 1. The molecule has 0 fully saturated rings. The van der Waals surface area contributed by atoms with E-state index in [0.29, 0.717) is 0 Å². The van der Waals surface area contributed by atoms with Gasteiger partial charge in [-0.05, 0) is 42.9 Å². The topological polar surface area (TPSA) is 29.5 Å². The predicted octanol–water partition coefficient (Wildman–Crippen LogP) is 3.40. The van der Waals surface area contributed by atoms with Crippen molar-refractivity contribution in [3.05, 3.63) is 65.2 Å². The van der Waals surface area contributed by atoms with E-state index in [1.165, 1.54) is 16.7 Å². The minimum Gasteiger partial charge on any atom is -0.496 e. The first kappa shape index (κ1) is 14.6. The molecule has 1 N–H and O–H groups in total. The van der Waals surface area contributed by atoms with Crippen LogP contribution in [0.15, 0.2) is 48.5 Å². The molecule has 0 aliphatic carbocycles. The van der Waals surface area contributed by atoms with Gasteiger partial charge in [0, 0.05) is 6.61 Å². The number of aliphatic hydroxyl groups is 1. The van der Waals surface area contributed by atoms with Gasteiger partial charge >= 0.3 is 0 Å². The van der Waals surface area contributed by atoms with Crippen LogP contribution in [0.1, 0.15) is 16.7 Å². The van der Waals surface area contributed by atoms with Crippen LogP contribution in [0.2, 0.25) is 0 Å². The highest BCUT2D eigenvalue weighted by Crippen LogP contribution is 2.24. The molecule has 20 heavy (non-hydrogen) atoms. The molecule has 2 nitrogen and oxygen atoms in total. The summed E-state index contributed by atoms with van der Waals surface area (Å²) in [5.74, 6) is 1.12. The first-order chi connectivity index (χ1) is 9.72. The van der Waals surface area contributed by atoms with Gasteiger partial charge in [-0.1, -0.05) is 48.0 Å². The van der Waals surface area contributed by atoms with Gasteiger partial charge in [0.25, 0.3) is 0 Å². The van der Waals surface area contributed by atoms with Gasteiger partial charge < -0.3 is 9.84 Å². The van der Waals surface area contributed by atoms with Crippen molar-refractivity contribution in [3.63, 3.8) is 0 Å². The predicted molar refractivity (Wildman–Crippen MR) is 82.2 cm³/mol. The van der Waals surface area contributed by atoms with Crippen LogP contribution in [0.25, 0.3) is 0 Å². The Morgan fingerprint density at radius 1 is 1.05 bits per heavy atom. The van der Waals surface area contributed by atoms with Crippen molar-refractivity contribution in [1.29, 1.82) is 0 Å². The van der Waals surface area contributed by atoms with E-state index < -0.39 is 0 Å². The molecule has 2 rings (SSSR count). The van der Waals surface area contributed by atoms with Crippen molar-refractivity contribution in [2.24, 2.45) is 5.92 Å². The quantitative estimate of drug-likeness (QED) is 0.871. The summed E-state index contributed by atoms with van der Waals surface area (Å²) in [6.45, 7) is 2.26. The Bertz CT molecular complexity index is 534. The molecule has 0 bridgehead atoms. The molecule has 106 valence electrons. The summed E-state index contributed by atoms with van der Waals surface area (Å²) < 4.78 is 5.41. The summed E-state index contributed by atoms with van der Waals surface area (Å²) in [6, 6.07) is 16.5. The van der Waals surface area contributed by atoms with Crippen molar-refractivity contribution in [1.82, 2.24) is 0 Å². The van der Waals surface area contributed by atoms with E-state index in [-0.39, 0.29) is 12.5 Å².